The monoisotopic (exact) mass is 299 g/mol. The first-order valence-corrected chi connectivity index (χ1v) is 6.46. The standard InChI is InChI=1S/C14H21NO6/c1-14(15,13(18)19)9-20-7-10-3-2-4-12(5-10)21-8-11(17)6-16/h2-5,11,16-17H,6-9,15H2,1H3,(H,18,19)/t11?,14-/m0/s1. The second-order valence-electron chi connectivity index (χ2n) is 5.01. The molecule has 2 atom stereocenters. The zero-order valence-electron chi connectivity index (χ0n) is 11.9. The van der Waals surface area contributed by atoms with Gasteiger partial charge in [0.15, 0.2) is 0 Å². The summed E-state index contributed by atoms with van der Waals surface area (Å²) in [5, 5.41) is 26.8. The molecule has 5 N–H and O–H groups in total. The van der Waals surface area contributed by atoms with Gasteiger partial charge in [-0.05, 0) is 24.6 Å². The zero-order valence-corrected chi connectivity index (χ0v) is 11.9. The summed E-state index contributed by atoms with van der Waals surface area (Å²) in [4.78, 5) is 10.8. The van der Waals surface area contributed by atoms with Gasteiger partial charge in [0.25, 0.3) is 0 Å². The van der Waals surface area contributed by atoms with Gasteiger partial charge in [0.1, 0.15) is 24.0 Å². The maximum atomic E-state index is 10.8. The summed E-state index contributed by atoms with van der Waals surface area (Å²) >= 11 is 0. The quantitative estimate of drug-likeness (QED) is 0.495. The van der Waals surface area contributed by atoms with E-state index in [1.165, 1.54) is 6.92 Å². The lowest BCUT2D eigenvalue weighted by molar-refractivity contribution is -0.145. The Morgan fingerprint density at radius 1 is 1.48 bits per heavy atom. The summed E-state index contributed by atoms with van der Waals surface area (Å²) in [5.41, 5.74) is 4.90. The molecule has 1 rings (SSSR count). The molecule has 0 heterocycles. The average molecular weight is 299 g/mol. The summed E-state index contributed by atoms with van der Waals surface area (Å²) < 4.78 is 10.6. The SMILES string of the molecule is C[C@](N)(COCc1cccc(OCC(O)CO)c1)C(=O)O. The molecule has 0 saturated heterocycles. The lowest BCUT2D eigenvalue weighted by Crippen LogP contribution is -2.48. The molecular formula is C14H21NO6. The van der Waals surface area contributed by atoms with Crippen LogP contribution in [0.2, 0.25) is 0 Å². The molecule has 21 heavy (non-hydrogen) atoms. The van der Waals surface area contributed by atoms with E-state index in [9.17, 15) is 9.90 Å². The molecule has 1 unspecified atom stereocenters. The largest absolute Gasteiger partial charge is 0.491 e. The van der Waals surface area contributed by atoms with E-state index in [4.69, 9.17) is 25.4 Å². The van der Waals surface area contributed by atoms with Crippen molar-refractivity contribution in [3.8, 4) is 5.75 Å². The van der Waals surface area contributed by atoms with E-state index < -0.39 is 17.6 Å². The Morgan fingerprint density at radius 2 is 2.19 bits per heavy atom. The van der Waals surface area contributed by atoms with Crippen molar-refractivity contribution >= 4 is 5.97 Å². The second-order valence-corrected chi connectivity index (χ2v) is 5.01. The van der Waals surface area contributed by atoms with Crippen LogP contribution in [0, 0.1) is 0 Å². The minimum atomic E-state index is -1.43. The first kappa shape index (κ1) is 17.4. The topological polar surface area (TPSA) is 122 Å². The third-order valence-corrected chi connectivity index (χ3v) is 2.71. The maximum Gasteiger partial charge on any atom is 0.325 e. The third-order valence-electron chi connectivity index (χ3n) is 2.71. The van der Waals surface area contributed by atoms with Crippen LogP contribution in [0.15, 0.2) is 24.3 Å². The van der Waals surface area contributed by atoms with E-state index >= 15 is 0 Å². The first-order chi connectivity index (χ1) is 9.85. The molecule has 0 radical (unpaired) electrons. The van der Waals surface area contributed by atoms with Gasteiger partial charge in [-0.1, -0.05) is 12.1 Å². The van der Waals surface area contributed by atoms with Crippen molar-refractivity contribution in [3.05, 3.63) is 29.8 Å². The van der Waals surface area contributed by atoms with Crippen LogP contribution >= 0.6 is 0 Å². The number of aliphatic hydroxyl groups is 2. The lowest BCUT2D eigenvalue weighted by Gasteiger charge is -2.19. The van der Waals surface area contributed by atoms with E-state index in [1.54, 1.807) is 24.3 Å². The normalized spacial score (nSPS) is 15.2. The average Bonchev–Trinajstić information content (AvgIpc) is 2.44. The number of hydrogen-bond acceptors (Lipinski definition) is 6. The lowest BCUT2D eigenvalue weighted by atomic mass is 10.1. The molecule has 1 aromatic rings. The van der Waals surface area contributed by atoms with Crippen LogP contribution < -0.4 is 10.5 Å². The number of carboxylic acid groups (broad SMARTS) is 1. The summed E-state index contributed by atoms with van der Waals surface area (Å²) in [7, 11) is 0. The summed E-state index contributed by atoms with van der Waals surface area (Å²) in [6.07, 6.45) is -0.932. The van der Waals surface area contributed by atoms with Gasteiger partial charge in [-0.15, -0.1) is 0 Å². The van der Waals surface area contributed by atoms with Crippen LogP contribution in [0.5, 0.6) is 5.75 Å². The predicted molar refractivity (Wildman–Crippen MR) is 74.9 cm³/mol. The number of aliphatic hydroxyl groups excluding tert-OH is 2. The van der Waals surface area contributed by atoms with E-state index in [0.29, 0.717) is 5.75 Å². The number of aliphatic carboxylic acids is 1. The Morgan fingerprint density at radius 3 is 2.81 bits per heavy atom. The summed E-state index contributed by atoms with van der Waals surface area (Å²) in [6, 6.07) is 6.96. The molecule has 1 aromatic carbocycles. The Kier molecular flexibility index (Phi) is 6.57. The van der Waals surface area contributed by atoms with Crippen LogP contribution in [0.1, 0.15) is 12.5 Å². The third kappa shape index (κ3) is 6.09. The number of rotatable bonds is 9. The Bertz CT molecular complexity index is 463. The molecule has 0 aliphatic carbocycles. The molecule has 0 aromatic heterocycles. The summed E-state index contributed by atoms with van der Waals surface area (Å²) in [5.74, 6) is -0.602. The molecule has 0 amide bonds. The van der Waals surface area contributed by atoms with Crippen LogP contribution in [0.4, 0.5) is 0 Å². The van der Waals surface area contributed by atoms with Gasteiger partial charge in [-0.25, -0.2) is 0 Å². The fourth-order valence-electron chi connectivity index (χ4n) is 1.41. The minimum Gasteiger partial charge on any atom is -0.491 e. The van der Waals surface area contributed by atoms with Gasteiger partial charge in [0.2, 0.25) is 0 Å². The molecule has 0 fully saturated rings. The molecular weight excluding hydrogens is 278 g/mol. The highest BCUT2D eigenvalue weighted by molar-refractivity contribution is 5.77. The molecule has 7 nitrogen and oxygen atoms in total. The van der Waals surface area contributed by atoms with Crippen molar-refractivity contribution in [1.29, 1.82) is 0 Å². The van der Waals surface area contributed by atoms with Crippen molar-refractivity contribution in [2.24, 2.45) is 5.73 Å². The molecule has 118 valence electrons. The highest BCUT2D eigenvalue weighted by Crippen LogP contribution is 2.15. The molecule has 0 spiro atoms. The van der Waals surface area contributed by atoms with E-state index in [2.05, 4.69) is 0 Å². The zero-order chi connectivity index (χ0) is 15.9. The van der Waals surface area contributed by atoms with Crippen molar-refractivity contribution < 1.29 is 29.6 Å². The number of carbonyl (C=O) groups is 1. The van der Waals surface area contributed by atoms with Crippen LogP contribution in [-0.4, -0.2) is 52.8 Å². The van der Waals surface area contributed by atoms with Gasteiger partial charge in [0.05, 0.1) is 19.8 Å². The first-order valence-electron chi connectivity index (χ1n) is 6.46. The molecule has 0 aliphatic heterocycles. The smallest absolute Gasteiger partial charge is 0.325 e. The number of carboxylic acids is 1. The molecule has 7 heteroatoms. The van der Waals surface area contributed by atoms with E-state index in [1.807, 2.05) is 0 Å². The van der Waals surface area contributed by atoms with Gasteiger partial charge in [-0.3, -0.25) is 4.79 Å². The van der Waals surface area contributed by atoms with Crippen molar-refractivity contribution in [3.63, 3.8) is 0 Å². The second kappa shape index (κ2) is 7.94. The minimum absolute atomic E-state index is 0.0132. The van der Waals surface area contributed by atoms with Crippen molar-refractivity contribution in [2.75, 3.05) is 19.8 Å². The van der Waals surface area contributed by atoms with Gasteiger partial charge < -0.3 is 30.5 Å². The fourth-order valence-corrected chi connectivity index (χ4v) is 1.41. The number of nitrogens with two attached hydrogens (primary N) is 1. The molecule has 0 bridgehead atoms. The van der Waals surface area contributed by atoms with Gasteiger partial charge >= 0.3 is 5.97 Å². The van der Waals surface area contributed by atoms with E-state index in [-0.39, 0.29) is 26.4 Å². The Balaban J connectivity index is 2.47. The fraction of sp³-hybridized carbons (Fsp3) is 0.500. The Labute approximate surface area is 122 Å². The predicted octanol–water partition coefficient (Wildman–Crippen LogP) is -0.263. The maximum absolute atomic E-state index is 10.8. The highest BCUT2D eigenvalue weighted by atomic mass is 16.5. The number of hydrogen-bond donors (Lipinski definition) is 4. The molecule has 0 saturated carbocycles. The van der Waals surface area contributed by atoms with Crippen molar-refractivity contribution in [2.45, 2.75) is 25.2 Å². The number of benzene rings is 1. The van der Waals surface area contributed by atoms with Crippen LogP contribution in [-0.2, 0) is 16.1 Å². The Hall–Kier alpha value is -1.67. The van der Waals surface area contributed by atoms with Crippen molar-refractivity contribution in [1.82, 2.24) is 0 Å². The van der Waals surface area contributed by atoms with Gasteiger partial charge in [0, 0.05) is 0 Å². The number of ether oxygens (including phenoxy) is 2. The van der Waals surface area contributed by atoms with Crippen LogP contribution in [0.25, 0.3) is 0 Å². The summed E-state index contributed by atoms with van der Waals surface area (Å²) in [6.45, 7) is 1.08. The highest BCUT2D eigenvalue weighted by Gasteiger charge is 2.27. The molecule has 0 aliphatic rings. The van der Waals surface area contributed by atoms with Gasteiger partial charge in [-0.2, -0.15) is 0 Å². The van der Waals surface area contributed by atoms with E-state index in [0.717, 1.165) is 5.56 Å². The van der Waals surface area contributed by atoms with Crippen LogP contribution in [0.3, 0.4) is 0 Å².